The molecule has 0 saturated carbocycles. The van der Waals surface area contributed by atoms with Gasteiger partial charge in [-0.25, -0.2) is 9.67 Å². The molecule has 0 spiro atoms. The Bertz CT molecular complexity index is 320. The van der Waals surface area contributed by atoms with Crippen molar-refractivity contribution < 1.29 is 0 Å². The predicted molar refractivity (Wildman–Crippen MR) is 67.6 cm³/mol. The lowest BCUT2D eigenvalue weighted by Gasteiger charge is -2.26. The maximum atomic E-state index is 4.34. The molecule has 1 N–H and O–H groups in total. The van der Waals surface area contributed by atoms with Crippen LogP contribution in [0.3, 0.4) is 0 Å². The van der Waals surface area contributed by atoms with E-state index in [4.69, 9.17) is 0 Å². The molecule has 0 bridgehead atoms. The molecule has 0 aliphatic carbocycles. The molecular formula is C11H20N4S. The Morgan fingerprint density at radius 3 is 3.00 bits per heavy atom. The van der Waals surface area contributed by atoms with Gasteiger partial charge in [-0.3, -0.25) is 0 Å². The number of hydrogen-bond acceptors (Lipinski definition) is 4. The van der Waals surface area contributed by atoms with Crippen molar-refractivity contribution in [2.75, 3.05) is 11.5 Å². The van der Waals surface area contributed by atoms with Gasteiger partial charge in [0.15, 0.2) is 0 Å². The fourth-order valence-electron chi connectivity index (χ4n) is 2.14. The number of aryl methyl sites for hydroxylation is 1. The quantitative estimate of drug-likeness (QED) is 0.872. The van der Waals surface area contributed by atoms with Gasteiger partial charge < -0.3 is 5.32 Å². The van der Waals surface area contributed by atoms with Crippen molar-refractivity contribution in [1.82, 2.24) is 20.1 Å². The van der Waals surface area contributed by atoms with Gasteiger partial charge in [-0.1, -0.05) is 0 Å². The molecule has 1 aliphatic rings. The number of thioether (sulfide) groups is 1. The minimum atomic E-state index is 0.301. The summed E-state index contributed by atoms with van der Waals surface area (Å²) in [6.45, 7) is 5.17. The lowest BCUT2D eigenvalue weighted by atomic mass is 10.1. The van der Waals surface area contributed by atoms with E-state index in [0.29, 0.717) is 12.1 Å². The monoisotopic (exact) mass is 240 g/mol. The summed E-state index contributed by atoms with van der Waals surface area (Å²) in [4.78, 5) is 4.34. The molecule has 1 aromatic rings. The Morgan fingerprint density at radius 1 is 1.56 bits per heavy atom. The summed E-state index contributed by atoms with van der Waals surface area (Å²) in [6, 6.07) is 0.953. The lowest BCUT2D eigenvalue weighted by molar-refractivity contribution is 0.406. The van der Waals surface area contributed by atoms with Crippen molar-refractivity contribution in [2.24, 2.45) is 0 Å². The predicted octanol–water partition coefficient (Wildman–Crippen LogP) is 1.84. The number of rotatable bonds is 4. The molecule has 1 aromatic heterocycles. The standard InChI is InChI=1S/C11H20N4S/c1-3-15-11(12-8-13-15)9(2)14-10-4-6-16-7-5-10/h8-10,14H,3-7H2,1-2H3. The van der Waals surface area contributed by atoms with Crippen LogP contribution in [0.2, 0.25) is 0 Å². The second-order valence-corrected chi connectivity index (χ2v) is 5.43. The highest BCUT2D eigenvalue weighted by atomic mass is 32.2. The molecule has 2 heterocycles. The van der Waals surface area contributed by atoms with E-state index >= 15 is 0 Å². The van der Waals surface area contributed by atoms with Gasteiger partial charge in [0.1, 0.15) is 12.2 Å². The molecule has 5 heteroatoms. The summed E-state index contributed by atoms with van der Waals surface area (Å²) >= 11 is 2.06. The fraction of sp³-hybridized carbons (Fsp3) is 0.818. The Balaban J connectivity index is 1.93. The van der Waals surface area contributed by atoms with Crippen molar-refractivity contribution in [3.63, 3.8) is 0 Å². The number of aromatic nitrogens is 3. The van der Waals surface area contributed by atoms with Crippen LogP contribution in [0, 0.1) is 0 Å². The summed E-state index contributed by atoms with van der Waals surface area (Å²) in [5, 5.41) is 7.87. The highest BCUT2D eigenvalue weighted by Crippen LogP contribution is 2.19. The minimum absolute atomic E-state index is 0.301. The van der Waals surface area contributed by atoms with Gasteiger partial charge >= 0.3 is 0 Å². The number of nitrogens with zero attached hydrogens (tertiary/aromatic N) is 3. The van der Waals surface area contributed by atoms with Gasteiger partial charge in [-0.05, 0) is 38.2 Å². The zero-order valence-corrected chi connectivity index (χ0v) is 10.8. The molecule has 4 nitrogen and oxygen atoms in total. The van der Waals surface area contributed by atoms with E-state index in [-0.39, 0.29) is 0 Å². The van der Waals surface area contributed by atoms with Crippen LogP contribution in [0.4, 0.5) is 0 Å². The summed E-state index contributed by atoms with van der Waals surface area (Å²) in [7, 11) is 0. The van der Waals surface area contributed by atoms with E-state index in [0.717, 1.165) is 12.4 Å². The first-order valence-corrected chi connectivity index (χ1v) is 7.18. The van der Waals surface area contributed by atoms with E-state index in [9.17, 15) is 0 Å². The average molecular weight is 240 g/mol. The smallest absolute Gasteiger partial charge is 0.143 e. The van der Waals surface area contributed by atoms with E-state index in [1.54, 1.807) is 6.33 Å². The maximum absolute atomic E-state index is 4.34. The Morgan fingerprint density at radius 2 is 2.31 bits per heavy atom. The van der Waals surface area contributed by atoms with Crippen LogP contribution in [-0.4, -0.2) is 32.3 Å². The topological polar surface area (TPSA) is 42.7 Å². The van der Waals surface area contributed by atoms with Crippen molar-refractivity contribution in [2.45, 2.75) is 45.3 Å². The third kappa shape index (κ3) is 2.77. The molecule has 0 amide bonds. The normalized spacial score (nSPS) is 19.9. The first kappa shape index (κ1) is 11.9. The van der Waals surface area contributed by atoms with Crippen LogP contribution >= 0.6 is 11.8 Å². The molecule has 2 rings (SSSR count). The molecular weight excluding hydrogens is 220 g/mol. The van der Waals surface area contributed by atoms with Crippen LogP contribution in [0.25, 0.3) is 0 Å². The second kappa shape index (κ2) is 5.68. The molecule has 1 atom stereocenters. The van der Waals surface area contributed by atoms with Gasteiger partial charge in [0, 0.05) is 12.6 Å². The van der Waals surface area contributed by atoms with Crippen molar-refractivity contribution in [1.29, 1.82) is 0 Å². The number of hydrogen-bond donors (Lipinski definition) is 1. The molecule has 16 heavy (non-hydrogen) atoms. The second-order valence-electron chi connectivity index (χ2n) is 4.21. The van der Waals surface area contributed by atoms with Gasteiger partial charge in [0.25, 0.3) is 0 Å². The zero-order valence-electron chi connectivity index (χ0n) is 10.0. The molecule has 0 radical (unpaired) electrons. The van der Waals surface area contributed by atoms with Crippen LogP contribution in [-0.2, 0) is 6.54 Å². The molecule has 1 saturated heterocycles. The summed E-state index contributed by atoms with van der Waals surface area (Å²) in [5.74, 6) is 3.62. The zero-order chi connectivity index (χ0) is 11.4. The van der Waals surface area contributed by atoms with Crippen LogP contribution in [0.1, 0.15) is 38.6 Å². The van der Waals surface area contributed by atoms with E-state index in [1.165, 1.54) is 24.3 Å². The van der Waals surface area contributed by atoms with Crippen LogP contribution < -0.4 is 5.32 Å². The SMILES string of the molecule is CCn1ncnc1C(C)NC1CCSCC1. The summed E-state index contributed by atoms with van der Waals surface area (Å²) in [5.41, 5.74) is 0. The van der Waals surface area contributed by atoms with E-state index in [1.807, 2.05) is 4.68 Å². The van der Waals surface area contributed by atoms with Gasteiger partial charge in [-0.15, -0.1) is 0 Å². The Hall–Kier alpha value is -0.550. The molecule has 1 fully saturated rings. The number of nitrogens with one attached hydrogen (secondary N) is 1. The fourth-order valence-corrected chi connectivity index (χ4v) is 3.25. The van der Waals surface area contributed by atoms with E-state index in [2.05, 4.69) is 41.0 Å². The highest BCUT2D eigenvalue weighted by molar-refractivity contribution is 7.99. The van der Waals surface area contributed by atoms with Crippen LogP contribution in [0.5, 0.6) is 0 Å². The Labute approximate surface area is 101 Å². The first-order chi connectivity index (χ1) is 7.81. The third-order valence-electron chi connectivity index (χ3n) is 3.04. The molecule has 1 unspecified atom stereocenters. The molecule has 0 aromatic carbocycles. The largest absolute Gasteiger partial charge is 0.305 e. The van der Waals surface area contributed by atoms with Crippen molar-refractivity contribution in [3.05, 3.63) is 12.2 Å². The van der Waals surface area contributed by atoms with Crippen molar-refractivity contribution in [3.8, 4) is 0 Å². The van der Waals surface area contributed by atoms with Gasteiger partial charge in [0.05, 0.1) is 6.04 Å². The average Bonchev–Trinajstić information content (AvgIpc) is 2.78. The summed E-state index contributed by atoms with van der Waals surface area (Å²) in [6.07, 6.45) is 4.19. The lowest BCUT2D eigenvalue weighted by Crippen LogP contribution is -2.35. The maximum Gasteiger partial charge on any atom is 0.143 e. The van der Waals surface area contributed by atoms with Crippen LogP contribution in [0.15, 0.2) is 6.33 Å². The molecule has 90 valence electrons. The third-order valence-corrected chi connectivity index (χ3v) is 4.09. The Kier molecular flexibility index (Phi) is 4.23. The first-order valence-electron chi connectivity index (χ1n) is 6.02. The highest BCUT2D eigenvalue weighted by Gasteiger charge is 2.19. The minimum Gasteiger partial charge on any atom is -0.305 e. The van der Waals surface area contributed by atoms with Gasteiger partial charge in [-0.2, -0.15) is 16.9 Å². The van der Waals surface area contributed by atoms with Crippen molar-refractivity contribution >= 4 is 11.8 Å². The molecule has 1 aliphatic heterocycles. The van der Waals surface area contributed by atoms with E-state index < -0.39 is 0 Å². The van der Waals surface area contributed by atoms with Gasteiger partial charge in [0.2, 0.25) is 0 Å². The summed E-state index contributed by atoms with van der Waals surface area (Å²) < 4.78 is 1.97.